The third-order valence-corrected chi connectivity index (χ3v) is 11.7. The second-order valence-electron chi connectivity index (χ2n) is 14.8. The molecular weight excluding hydrogens is 679 g/mol. The van der Waals surface area contributed by atoms with Crippen LogP contribution in [0.2, 0.25) is 0 Å². The normalized spacial score (nSPS) is 14.7. The maximum absolute atomic E-state index is 4.27. The highest BCUT2D eigenvalue weighted by Crippen LogP contribution is 2.52. The van der Waals surface area contributed by atoms with Crippen molar-refractivity contribution in [3.63, 3.8) is 0 Å². The fourth-order valence-corrected chi connectivity index (χ4v) is 9.48. The van der Waals surface area contributed by atoms with Crippen LogP contribution in [0.4, 0.5) is 5.69 Å². The number of allylic oxidation sites excluding steroid dienone is 8. The summed E-state index contributed by atoms with van der Waals surface area (Å²) in [7, 11) is 0. The van der Waals surface area contributed by atoms with Crippen molar-refractivity contribution >= 4 is 45.2 Å². The molecule has 1 aliphatic heterocycles. The summed E-state index contributed by atoms with van der Waals surface area (Å²) in [6.07, 6.45) is 22.2. The van der Waals surface area contributed by atoms with Gasteiger partial charge in [0.25, 0.3) is 0 Å². The van der Waals surface area contributed by atoms with Crippen molar-refractivity contribution in [2.75, 3.05) is 4.90 Å². The molecule has 270 valence electrons. The fraction of sp³-hybridized carbons (Fsp3) is 0.0943. The van der Waals surface area contributed by atoms with Gasteiger partial charge in [0.15, 0.2) is 0 Å². The molecule has 0 amide bonds. The molecule has 5 aromatic carbocycles. The number of aromatic nitrogens is 2. The molecule has 0 atom stereocenters. The molecule has 56 heavy (non-hydrogen) atoms. The van der Waals surface area contributed by atoms with Gasteiger partial charge in [-0.05, 0) is 128 Å². The Morgan fingerprint density at radius 1 is 0.696 bits per heavy atom. The predicted octanol–water partition coefficient (Wildman–Crippen LogP) is 14.0. The molecule has 7 aromatic rings. The van der Waals surface area contributed by atoms with Gasteiger partial charge in [-0.1, -0.05) is 110 Å². The Kier molecular flexibility index (Phi) is 8.11. The van der Waals surface area contributed by atoms with Crippen molar-refractivity contribution in [1.82, 2.24) is 9.13 Å². The number of fused-ring (bicyclic) bond motifs is 10. The minimum atomic E-state index is 0.921. The van der Waals surface area contributed by atoms with E-state index in [0.717, 1.165) is 42.0 Å². The molecule has 3 nitrogen and oxygen atoms in total. The van der Waals surface area contributed by atoms with Gasteiger partial charge in [-0.2, -0.15) is 0 Å². The summed E-state index contributed by atoms with van der Waals surface area (Å²) >= 11 is 0. The van der Waals surface area contributed by atoms with E-state index in [1.54, 1.807) is 0 Å². The number of nitrogens with zero attached hydrogens (tertiary/aromatic N) is 3. The van der Waals surface area contributed by atoms with Gasteiger partial charge in [0.05, 0.1) is 28.1 Å². The average molecular weight is 722 g/mol. The topological polar surface area (TPSA) is 13.1 Å². The lowest BCUT2D eigenvalue weighted by Crippen LogP contribution is -2.22. The molecule has 0 spiro atoms. The SMILES string of the molecule is C=C/C=C(\C=C/C)N1C2=C(CCC=C2)c2c(n(-c3ccc4c(c3)-c3cc(-n5c(C=C)c(/C=C\C)c6ccccc65)ccc3C4)c3ccccc23)-c2ccccc21. The number of anilines is 1. The van der Waals surface area contributed by atoms with Gasteiger partial charge in [-0.25, -0.2) is 0 Å². The van der Waals surface area contributed by atoms with Crippen LogP contribution in [0.3, 0.4) is 0 Å². The summed E-state index contributed by atoms with van der Waals surface area (Å²) in [5.41, 5.74) is 20.9. The molecule has 0 fully saturated rings. The van der Waals surface area contributed by atoms with E-state index in [-0.39, 0.29) is 0 Å². The van der Waals surface area contributed by atoms with E-state index in [2.05, 4.69) is 193 Å². The lowest BCUT2D eigenvalue weighted by molar-refractivity contribution is 1.01. The second kappa shape index (κ2) is 13.5. The average Bonchev–Trinajstić information content (AvgIpc) is 3.86. The van der Waals surface area contributed by atoms with Gasteiger partial charge in [-0.3, -0.25) is 0 Å². The van der Waals surface area contributed by atoms with Crippen LogP contribution in [0.1, 0.15) is 54.6 Å². The number of hydrogen-bond donors (Lipinski definition) is 0. The first-order valence-corrected chi connectivity index (χ1v) is 19.7. The maximum Gasteiger partial charge on any atom is 0.0638 e. The van der Waals surface area contributed by atoms with Crippen molar-refractivity contribution < 1.29 is 0 Å². The quantitative estimate of drug-likeness (QED) is 0.149. The summed E-state index contributed by atoms with van der Waals surface area (Å²) < 4.78 is 4.90. The zero-order chi connectivity index (χ0) is 37.9. The van der Waals surface area contributed by atoms with E-state index >= 15 is 0 Å². The Hall–Kier alpha value is -6.84. The van der Waals surface area contributed by atoms with Crippen molar-refractivity contribution in [3.8, 4) is 33.8 Å². The van der Waals surface area contributed by atoms with Crippen molar-refractivity contribution in [2.24, 2.45) is 0 Å². The minimum absolute atomic E-state index is 0.921. The van der Waals surface area contributed by atoms with Gasteiger partial charge in [0.1, 0.15) is 0 Å². The summed E-state index contributed by atoms with van der Waals surface area (Å²) in [5.74, 6) is 0. The molecule has 2 aromatic heterocycles. The second-order valence-corrected chi connectivity index (χ2v) is 14.8. The fourth-order valence-electron chi connectivity index (χ4n) is 9.48. The molecular formula is C53H43N3. The van der Waals surface area contributed by atoms with Crippen LogP contribution >= 0.6 is 0 Å². The van der Waals surface area contributed by atoms with Crippen molar-refractivity contribution in [3.05, 3.63) is 204 Å². The molecule has 3 aliphatic rings. The Morgan fingerprint density at radius 3 is 2.09 bits per heavy atom. The molecule has 2 aliphatic carbocycles. The lowest BCUT2D eigenvalue weighted by atomic mass is 9.92. The summed E-state index contributed by atoms with van der Waals surface area (Å²) in [5, 5.41) is 2.51. The molecule has 0 bridgehead atoms. The first-order valence-electron chi connectivity index (χ1n) is 19.7. The zero-order valence-corrected chi connectivity index (χ0v) is 32.0. The largest absolute Gasteiger partial charge is 0.310 e. The monoisotopic (exact) mass is 721 g/mol. The Balaban J connectivity index is 1.21. The third-order valence-electron chi connectivity index (χ3n) is 11.7. The predicted molar refractivity (Wildman–Crippen MR) is 239 cm³/mol. The molecule has 0 radical (unpaired) electrons. The Labute approximate surface area is 329 Å². The van der Waals surface area contributed by atoms with Crippen LogP contribution in [0.5, 0.6) is 0 Å². The highest BCUT2D eigenvalue weighted by Gasteiger charge is 2.33. The molecule has 0 unspecified atom stereocenters. The molecule has 0 N–H and O–H groups in total. The standard InChI is InChI=1S/C53H43N3/c1-5-17-37(18-6-2)54-49-25-14-10-21-42(49)52-43-22-11-15-26-50(43)56(53(52)44-23-12-16-27-51(44)54)39-31-29-36-32-35-28-30-38(33-45(35)46(36)34-39)55-47(8-4)40(19-7-3)41-20-9-13-24-48(41)55/h5-9,11-20,22-31,33-34H,1,4,10,21,32H2,2-3H3/b18-6-,19-7-,37-17+. The van der Waals surface area contributed by atoms with E-state index in [1.165, 1.54) is 83.4 Å². The van der Waals surface area contributed by atoms with Gasteiger partial charge >= 0.3 is 0 Å². The summed E-state index contributed by atoms with van der Waals surface area (Å²) in [4.78, 5) is 2.44. The third kappa shape index (κ3) is 4.97. The van der Waals surface area contributed by atoms with Crippen LogP contribution in [0, 0.1) is 0 Å². The van der Waals surface area contributed by atoms with Gasteiger partial charge in [0, 0.05) is 50.2 Å². The summed E-state index contributed by atoms with van der Waals surface area (Å²) in [6, 6.07) is 40.7. The van der Waals surface area contributed by atoms with E-state index in [4.69, 9.17) is 0 Å². The Morgan fingerprint density at radius 2 is 1.38 bits per heavy atom. The smallest absolute Gasteiger partial charge is 0.0638 e. The van der Waals surface area contributed by atoms with E-state index in [0.29, 0.717) is 0 Å². The van der Waals surface area contributed by atoms with Crippen LogP contribution in [-0.4, -0.2) is 9.13 Å². The van der Waals surface area contributed by atoms with E-state index in [9.17, 15) is 0 Å². The van der Waals surface area contributed by atoms with Crippen LogP contribution < -0.4 is 4.90 Å². The first kappa shape index (κ1) is 33.7. The molecule has 10 rings (SSSR count). The number of rotatable bonds is 7. The zero-order valence-electron chi connectivity index (χ0n) is 32.0. The van der Waals surface area contributed by atoms with Crippen LogP contribution in [0.15, 0.2) is 176 Å². The van der Waals surface area contributed by atoms with E-state index in [1.807, 2.05) is 12.2 Å². The van der Waals surface area contributed by atoms with Gasteiger partial charge in [0.2, 0.25) is 0 Å². The van der Waals surface area contributed by atoms with Crippen molar-refractivity contribution in [1.29, 1.82) is 0 Å². The molecule has 3 heteroatoms. The number of hydrogen-bond acceptors (Lipinski definition) is 1. The van der Waals surface area contributed by atoms with Gasteiger partial charge in [-0.15, -0.1) is 0 Å². The maximum atomic E-state index is 4.27. The van der Waals surface area contributed by atoms with Gasteiger partial charge < -0.3 is 14.0 Å². The minimum Gasteiger partial charge on any atom is -0.310 e. The van der Waals surface area contributed by atoms with E-state index < -0.39 is 0 Å². The Bertz CT molecular complexity index is 2950. The molecule has 0 saturated heterocycles. The molecule has 3 heterocycles. The molecule has 0 saturated carbocycles. The lowest BCUT2D eigenvalue weighted by Gasteiger charge is -2.30. The number of benzene rings is 5. The highest BCUT2D eigenvalue weighted by atomic mass is 15.2. The number of para-hydroxylation sites is 3. The summed E-state index contributed by atoms with van der Waals surface area (Å²) in [6.45, 7) is 12.5. The first-order chi connectivity index (χ1) is 27.6. The van der Waals surface area contributed by atoms with Crippen LogP contribution in [-0.2, 0) is 6.42 Å². The highest BCUT2D eigenvalue weighted by molar-refractivity contribution is 6.07. The van der Waals surface area contributed by atoms with Crippen molar-refractivity contribution in [2.45, 2.75) is 33.1 Å². The van der Waals surface area contributed by atoms with Crippen LogP contribution in [0.25, 0.3) is 73.3 Å².